The Kier molecular flexibility index (Phi) is 4.81. The van der Waals surface area contributed by atoms with Crippen molar-refractivity contribution in [2.45, 2.75) is 26.9 Å². The summed E-state index contributed by atoms with van der Waals surface area (Å²) in [4.78, 5) is 0. The van der Waals surface area contributed by atoms with Gasteiger partial charge in [-0.05, 0) is 62.7 Å². The summed E-state index contributed by atoms with van der Waals surface area (Å²) >= 11 is 0. The Morgan fingerprint density at radius 1 is 1.14 bits per heavy atom. The summed E-state index contributed by atoms with van der Waals surface area (Å²) in [6.45, 7) is 5.76. The van der Waals surface area contributed by atoms with Crippen molar-refractivity contribution >= 4 is 0 Å². The number of hydrogen-bond donors (Lipinski definition) is 1. The summed E-state index contributed by atoms with van der Waals surface area (Å²) < 4.78 is 24.7. The number of benzene rings is 2. The molecular weight excluding hydrogens is 271 g/mol. The summed E-state index contributed by atoms with van der Waals surface area (Å²) in [5.41, 5.74) is 0.896. The first-order valence-corrected chi connectivity index (χ1v) is 6.90. The molecule has 3 nitrogen and oxygen atoms in total. The number of aryl methyl sites for hydroxylation is 1. The van der Waals surface area contributed by atoms with Gasteiger partial charge in [-0.3, -0.25) is 0 Å². The van der Waals surface area contributed by atoms with Crippen molar-refractivity contribution in [1.29, 1.82) is 0 Å². The molecule has 0 heterocycles. The Morgan fingerprint density at radius 2 is 1.76 bits per heavy atom. The topological polar surface area (TPSA) is 38.7 Å². The molecule has 0 fully saturated rings. The van der Waals surface area contributed by atoms with Crippen LogP contribution in [-0.4, -0.2) is 11.7 Å². The van der Waals surface area contributed by atoms with Gasteiger partial charge in [0, 0.05) is 5.56 Å². The highest BCUT2D eigenvalue weighted by Crippen LogP contribution is 2.32. The van der Waals surface area contributed by atoms with Crippen molar-refractivity contribution in [3.8, 4) is 17.2 Å². The Balaban J connectivity index is 2.28. The molecule has 112 valence electrons. The summed E-state index contributed by atoms with van der Waals surface area (Å²) in [5.74, 6) is 1.46. The maximum Gasteiger partial charge on any atom is 0.133 e. The third kappa shape index (κ3) is 3.73. The van der Waals surface area contributed by atoms with E-state index in [1.165, 1.54) is 6.07 Å². The number of aliphatic hydroxyl groups excluding tert-OH is 1. The van der Waals surface area contributed by atoms with Gasteiger partial charge >= 0.3 is 0 Å². The van der Waals surface area contributed by atoms with E-state index in [4.69, 9.17) is 9.47 Å². The van der Waals surface area contributed by atoms with Gasteiger partial charge in [0.1, 0.15) is 23.1 Å². The van der Waals surface area contributed by atoms with Gasteiger partial charge in [0.15, 0.2) is 0 Å². The molecule has 0 radical (unpaired) electrons. The van der Waals surface area contributed by atoms with E-state index in [0.29, 0.717) is 29.2 Å². The molecule has 2 rings (SSSR count). The summed E-state index contributed by atoms with van der Waals surface area (Å²) in [6, 6.07) is 10.1. The Morgan fingerprint density at radius 3 is 2.33 bits per heavy atom. The van der Waals surface area contributed by atoms with Gasteiger partial charge in [0.25, 0.3) is 0 Å². The molecule has 1 N–H and O–H groups in total. The van der Waals surface area contributed by atoms with E-state index >= 15 is 0 Å². The number of hydrogen-bond acceptors (Lipinski definition) is 3. The summed E-state index contributed by atoms with van der Waals surface area (Å²) in [6.07, 6.45) is -0.808. The first-order chi connectivity index (χ1) is 10.0. The van der Waals surface area contributed by atoms with Gasteiger partial charge in [-0.1, -0.05) is 0 Å². The van der Waals surface area contributed by atoms with Crippen molar-refractivity contribution in [2.24, 2.45) is 0 Å². The Labute approximate surface area is 124 Å². The highest BCUT2D eigenvalue weighted by molar-refractivity contribution is 5.43. The fourth-order valence-corrected chi connectivity index (χ4v) is 1.98. The van der Waals surface area contributed by atoms with Crippen LogP contribution in [0.2, 0.25) is 0 Å². The quantitative estimate of drug-likeness (QED) is 0.888. The van der Waals surface area contributed by atoms with Crippen LogP contribution in [0.4, 0.5) is 4.39 Å². The Hall–Kier alpha value is -2.07. The zero-order chi connectivity index (χ0) is 15.4. The van der Waals surface area contributed by atoms with Crippen LogP contribution in [0.3, 0.4) is 0 Å². The van der Waals surface area contributed by atoms with Crippen molar-refractivity contribution < 1.29 is 19.0 Å². The molecule has 21 heavy (non-hydrogen) atoms. The second-order valence-electron chi connectivity index (χ2n) is 4.82. The number of ether oxygens (including phenoxy) is 2. The van der Waals surface area contributed by atoms with Crippen LogP contribution < -0.4 is 9.47 Å². The van der Waals surface area contributed by atoms with Crippen molar-refractivity contribution in [1.82, 2.24) is 0 Å². The largest absolute Gasteiger partial charge is 0.494 e. The fourth-order valence-electron chi connectivity index (χ4n) is 1.98. The first-order valence-electron chi connectivity index (χ1n) is 6.90. The molecule has 1 atom stereocenters. The third-order valence-electron chi connectivity index (χ3n) is 3.10. The van der Waals surface area contributed by atoms with E-state index in [-0.39, 0.29) is 5.82 Å². The highest BCUT2D eigenvalue weighted by atomic mass is 19.1. The smallest absolute Gasteiger partial charge is 0.133 e. The average molecular weight is 290 g/mol. The second kappa shape index (κ2) is 6.59. The van der Waals surface area contributed by atoms with Crippen molar-refractivity contribution in [2.75, 3.05) is 6.61 Å². The highest BCUT2D eigenvalue weighted by Gasteiger charge is 2.13. The van der Waals surface area contributed by atoms with E-state index in [9.17, 15) is 9.50 Å². The van der Waals surface area contributed by atoms with Crippen LogP contribution in [0.25, 0.3) is 0 Å². The molecule has 0 bridgehead atoms. The molecule has 0 spiro atoms. The zero-order valence-electron chi connectivity index (χ0n) is 12.4. The number of aliphatic hydroxyl groups is 1. The van der Waals surface area contributed by atoms with Crippen LogP contribution in [0.15, 0.2) is 36.4 Å². The van der Waals surface area contributed by atoms with Crippen LogP contribution in [-0.2, 0) is 0 Å². The molecule has 0 amide bonds. The molecule has 0 aliphatic carbocycles. The van der Waals surface area contributed by atoms with Gasteiger partial charge in [0.05, 0.1) is 12.7 Å². The minimum absolute atomic E-state index is 0.357. The van der Waals surface area contributed by atoms with Crippen LogP contribution >= 0.6 is 0 Å². The maximum absolute atomic E-state index is 13.6. The predicted octanol–water partition coefficient (Wildman–Crippen LogP) is 4.38. The lowest BCUT2D eigenvalue weighted by molar-refractivity contribution is 0.195. The van der Waals surface area contributed by atoms with E-state index in [1.807, 2.05) is 6.92 Å². The minimum Gasteiger partial charge on any atom is -0.494 e. The number of rotatable bonds is 5. The molecule has 2 aromatic carbocycles. The monoisotopic (exact) mass is 290 g/mol. The predicted molar refractivity (Wildman–Crippen MR) is 79.5 cm³/mol. The lowest BCUT2D eigenvalue weighted by Gasteiger charge is -2.15. The van der Waals surface area contributed by atoms with Gasteiger partial charge in [-0.2, -0.15) is 0 Å². The molecule has 0 unspecified atom stereocenters. The molecule has 2 aromatic rings. The standard InChI is InChI=1S/C17H19FO3/c1-4-20-13-5-7-14(8-6-13)21-17-9-11(2)16(18)10-15(17)12(3)19/h5-10,12,19H,4H2,1-3H3/t12-/m1/s1. The van der Waals surface area contributed by atoms with Gasteiger partial charge in [-0.25, -0.2) is 4.39 Å². The molecule has 4 heteroatoms. The summed E-state index contributed by atoms with van der Waals surface area (Å²) in [5, 5.41) is 9.75. The van der Waals surface area contributed by atoms with Crippen LogP contribution in [0, 0.1) is 12.7 Å². The lowest BCUT2D eigenvalue weighted by Crippen LogP contribution is -1.99. The number of halogens is 1. The van der Waals surface area contributed by atoms with Crippen molar-refractivity contribution in [3.63, 3.8) is 0 Å². The van der Waals surface area contributed by atoms with Gasteiger partial charge in [-0.15, -0.1) is 0 Å². The molecule has 0 saturated heterocycles. The molecular formula is C17H19FO3. The normalized spacial score (nSPS) is 12.0. The fraction of sp³-hybridized carbons (Fsp3) is 0.294. The van der Waals surface area contributed by atoms with E-state index < -0.39 is 6.10 Å². The first kappa shape index (κ1) is 15.3. The van der Waals surface area contributed by atoms with E-state index in [0.717, 1.165) is 5.75 Å². The van der Waals surface area contributed by atoms with Crippen molar-refractivity contribution in [3.05, 3.63) is 53.3 Å². The minimum atomic E-state index is -0.808. The van der Waals surface area contributed by atoms with Gasteiger partial charge < -0.3 is 14.6 Å². The van der Waals surface area contributed by atoms with E-state index in [1.54, 1.807) is 44.2 Å². The molecule has 0 aliphatic rings. The molecule has 0 aromatic heterocycles. The second-order valence-corrected chi connectivity index (χ2v) is 4.82. The summed E-state index contributed by atoms with van der Waals surface area (Å²) in [7, 11) is 0. The van der Waals surface area contributed by atoms with Gasteiger partial charge in [0.2, 0.25) is 0 Å². The maximum atomic E-state index is 13.6. The third-order valence-corrected chi connectivity index (χ3v) is 3.10. The lowest BCUT2D eigenvalue weighted by atomic mass is 10.1. The zero-order valence-corrected chi connectivity index (χ0v) is 12.4. The van der Waals surface area contributed by atoms with Crippen LogP contribution in [0.5, 0.6) is 17.2 Å². The Bertz CT molecular complexity index is 606. The molecule has 0 aliphatic heterocycles. The average Bonchev–Trinajstić information content (AvgIpc) is 2.44. The van der Waals surface area contributed by atoms with E-state index in [2.05, 4.69) is 0 Å². The SMILES string of the molecule is CCOc1ccc(Oc2cc(C)c(F)cc2[C@@H](C)O)cc1. The molecule has 0 saturated carbocycles. The van der Waals surface area contributed by atoms with Crippen LogP contribution in [0.1, 0.15) is 31.1 Å².